The largest absolute Gasteiger partial charge is 0.366 e. The van der Waals surface area contributed by atoms with Crippen LogP contribution < -0.4 is 11.1 Å². The number of nitrogens with two attached hydrogens (primary N) is 1. The fourth-order valence-corrected chi connectivity index (χ4v) is 1.36. The molecule has 0 fully saturated rings. The number of nitrogens with one attached hydrogen (secondary N) is 1. The third-order valence-corrected chi connectivity index (χ3v) is 2.28. The van der Waals surface area contributed by atoms with Crippen LogP contribution in [0.3, 0.4) is 0 Å². The molecule has 3 N–H and O–H groups in total. The number of alkyl halides is 4. The zero-order valence-electron chi connectivity index (χ0n) is 9.30. The highest BCUT2D eigenvalue weighted by atomic mass is 19.3. The Hall–Kier alpha value is -1.63. The monoisotopic (exact) mass is 264 g/mol. The minimum Gasteiger partial charge on any atom is -0.366 e. The van der Waals surface area contributed by atoms with Crippen LogP contribution in [-0.2, 0) is 6.54 Å². The van der Waals surface area contributed by atoms with Gasteiger partial charge in [-0.05, 0) is 11.6 Å². The number of carbonyl (C=O) groups excluding carboxylic acids is 1. The Morgan fingerprint density at radius 1 is 1.33 bits per heavy atom. The van der Waals surface area contributed by atoms with Crippen molar-refractivity contribution in [2.45, 2.75) is 18.9 Å². The van der Waals surface area contributed by atoms with E-state index in [0.717, 1.165) is 0 Å². The van der Waals surface area contributed by atoms with E-state index in [1.54, 1.807) is 12.1 Å². The molecule has 0 radical (unpaired) electrons. The molecular formula is C11H12F4N2O. The standard InChI is InChI=1S/C11H12F4N2O/c12-10(13)11(14,15)6-17-5-7-3-1-2-4-8(7)9(16)18/h1-4,10,17H,5-6H2,(H2,16,18). The maximum atomic E-state index is 12.6. The first kappa shape index (κ1) is 14.4. The van der Waals surface area contributed by atoms with Gasteiger partial charge in [0.15, 0.2) is 0 Å². The Morgan fingerprint density at radius 2 is 1.94 bits per heavy atom. The Labute approximate surface area is 101 Å². The maximum Gasteiger partial charge on any atom is 0.319 e. The number of benzene rings is 1. The number of primary amides is 1. The summed E-state index contributed by atoms with van der Waals surface area (Å²) in [6.45, 7) is -1.31. The van der Waals surface area contributed by atoms with Crippen LogP contribution in [0.5, 0.6) is 0 Å². The molecule has 3 nitrogen and oxygen atoms in total. The third-order valence-electron chi connectivity index (χ3n) is 2.28. The molecule has 0 aromatic heterocycles. The molecule has 1 aromatic rings. The zero-order valence-corrected chi connectivity index (χ0v) is 9.30. The van der Waals surface area contributed by atoms with Crippen molar-refractivity contribution in [3.8, 4) is 0 Å². The van der Waals surface area contributed by atoms with Gasteiger partial charge in [0.2, 0.25) is 5.91 Å². The van der Waals surface area contributed by atoms with E-state index < -0.39 is 24.8 Å². The minimum atomic E-state index is -4.10. The van der Waals surface area contributed by atoms with Gasteiger partial charge in [0.25, 0.3) is 0 Å². The molecule has 100 valence electrons. The topological polar surface area (TPSA) is 55.1 Å². The molecule has 0 aliphatic carbocycles. The van der Waals surface area contributed by atoms with E-state index in [2.05, 4.69) is 5.32 Å². The first-order chi connectivity index (χ1) is 8.34. The van der Waals surface area contributed by atoms with Crippen molar-refractivity contribution in [3.05, 3.63) is 35.4 Å². The fraction of sp³-hybridized carbons (Fsp3) is 0.364. The number of amides is 1. The summed E-state index contributed by atoms with van der Waals surface area (Å²) < 4.78 is 49.0. The fourth-order valence-electron chi connectivity index (χ4n) is 1.36. The number of rotatable bonds is 6. The first-order valence-electron chi connectivity index (χ1n) is 5.09. The van der Waals surface area contributed by atoms with Crippen molar-refractivity contribution in [1.29, 1.82) is 0 Å². The van der Waals surface area contributed by atoms with E-state index in [4.69, 9.17) is 5.73 Å². The van der Waals surface area contributed by atoms with Crippen LogP contribution in [-0.4, -0.2) is 24.8 Å². The summed E-state index contributed by atoms with van der Waals surface area (Å²) in [6.07, 6.45) is -3.73. The van der Waals surface area contributed by atoms with Crippen molar-refractivity contribution in [2.75, 3.05) is 6.54 Å². The van der Waals surface area contributed by atoms with E-state index in [0.29, 0.717) is 5.56 Å². The molecule has 0 unspecified atom stereocenters. The lowest BCUT2D eigenvalue weighted by Gasteiger charge is -2.16. The van der Waals surface area contributed by atoms with Gasteiger partial charge in [0.05, 0.1) is 6.54 Å². The highest BCUT2D eigenvalue weighted by Gasteiger charge is 2.39. The molecule has 7 heteroatoms. The summed E-state index contributed by atoms with van der Waals surface area (Å²) in [5.41, 5.74) is 5.64. The molecule has 1 aromatic carbocycles. The summed E-state index contributed by atoms with van der Waals surface area (Å²) in [5, 5.41) is 2.18. The summed E-state index contributed by atoms with van der Waals surface area (Å²) in [4.78, 5) is 11.0. The van der Waals surface area contributed by atoms with Crippen LogP contribution in [0.4, 0.5) is 17.6 Å². The van der Waals surface area contributed by atoms with E-state index in [-0.39, 0.29) is 12.1 Å². The lowest BCUT2D eigenvalue weighted by molar-refractivity contribution is -0.125. The van der Waals surface area contributed by atoms with Crippen LogP contribution in [0.15, 0.2) is 24.3 Å². The van der Waals surface area contributed by atoms with E-state index >= 15 is 0 Å². The molecule has 0 saturated heterocycles. The second-order valence-electron chi connectivity index (χ2n) is 3.69. The van der Waals surface area contributed by atoms with Crippen LogP contribution in [0.1, 0.15) is 15.9 Å². The molecule has 0 spiro atoms. The second kappa shape index (κ2) is 5.81. The molecule has 0 aliphatic heterocycles. The van der Waals surface area contributed by atoms with Gasteiger partial charge in [0, 0.05) is 12.1 Å². The number of hydrogen-bond donors (Lipinski definition) is 2. The summed E-state index contributed by atoms with van der Waals surface area (Å²) >= 11 is 0. The van der Waals surface area contributed by atoms with Gasteiger partial charge in [0.1, 0.15) is 0 Å². The third kappa shape index (κ3) is 3.69. The molecule has 18 heavy (non-hydrogen) atoms. The van der Waals surface area contributed by atoms with Crippen molar-refractivity contribution >= 4 is 5.91 Å². The normalized spacial score (nSPS) is 11.8. The highest BCUT2D eigenvalue weighted by Crippen LogP contribution is 2.21. The number of halogens is 4. The van der Waals surface area contributed by atoms with Crippen LogP contribution in [0, 0.1) is 0 Å². The average molecular weight is 264 g/mol. The maximum absolute atomic E-state index is 12.6. The highest BCUT2D eigenvalue weighted by molar-refractivity contribution is 5.94. The Kier molecular flexibility index (Phi) is 4.66. The number of hydrogen-bond acceptors (Lipinski definition) is 2. The van der Waals surface area contributed by atoms with Crippen molar-refractivity contribution in [2.24, 2.45) is 5.73 Å². The lowest BCUT2D eigenvalue weighted by Crippen LogP contribution is -2.38. The van der Waals surface area contributed by atoms with Crippen molar-refractivity contribution in [3.63, 3.8) is 0 Å². The first-order valence-corrected chi connectivity index (χ1v) is 5.09. The van der Waals surface area contributed by atoms with E-state index in [1.807, 2.05) is 0 Å². The van der Waals surface area contributed by atoms with Crippen molar-refractivity contribution < 1.29 is 22.4 Å². The molecule has 1 rings (SSSR count). The zero-order chi connectivity index (χ0) is 13.8. The van der Waals surface area contributed by atoms with Gasteiger partial charge in [-0.3, -0.25) is 4.79 Å². The summed E-state index contributed by atoms with van der Waals surface area (Å²) in [6, 6.07) is 6.10. The Morgan fingerprint density at radius 3 is 2.50 bits per heavy atom. The van der Waals surface area contributed by atoms with Gasteiger partial charge >= 0.3 is 12.3 Å². The Bertz CT molecular complexity index is 423. The van der Waals surface area contributed by atoms with E-state index in [9.17, 15) is 22.4 Å². The smallest absolute Gasteiger partial charge is 0.319 e. The second-order valence-corrected chi connectivity index (χ2v) is 3.69. The predicted molar refractivity (Wildman–Crippen MR) is 57.6 cm³/mol. The van der Waals surface area contributed by atoms with Gasteiger partial charge in [-0.25, -0.2) is 8.78 Å². The lowest BCUT2D eigenvalue weighted by atomic mass is 10.1. The summed E-state index contributed by atoms with van der Waals surface area (Å²) in [5.74, 6) is -4.80. The molecule has 0 bridgehead atoms. The molecule has 0 saturated carbocycles. The van der Waals surface area contributed by atoms with Gasteiger partial charge in [-0.2, -0.15) is 8.78 Å². The van der Waals surface area contributed by atoms with Crippen LogP contribution in [0.2, 0.25) is 0 Å². The molecule has 0 aliphatic rings. The minimum absolute atomic E-state index is 0.137. The van der Waals surface area contributed by atoms with E-state index in [1.165, 1.54) is 12.1 Å². The Balaban J connectivity index is 2.62. The molecule has 0 atom stereocenters. The van der Waals surface area contributed by atoms with Gasteiger partial charge < -0.3 is 11.1 Å². The average Bonchev–Trinajstić information content (AvgIpc) is 2.29. The SMILES string of the molecule is NC(=O)c1ccccc1CNCC(F)(F)C(F)F. The van der Waals surface area contributed by atoms with Gasteiger partial charge in [-0.15, -0.1) is 0 Å². The summed E-state index contributed by atoms with van der Waals surface area (Å²) in [7, 11) is 0. The quantitative estimate of drug-likeness (QED) is 0.769. The van der Waals surface area contributed by atoms with Gasteiger partial charge in [-0.1, -0.05) is 18.2 Å². The molecule has 0 heterocycles. The molecule has 1 amide bonds. The predicted octanol–water partition coefficient (Wildman–Crippen LogP) is 1.78. The number of carbonyl (C=O) groups is 1. The van der Waals surface area contributed by atoms with Crippen molar-refractivity contribution in [1.82, 2.24) is 5.32 Å². The van der Waals surface area contributed by atoms with Crippen LogP contribution in [0.25, 0.3) is 0 Å². The molecular weight excluding hydrogens is 252 g/mol. The van der Waals surface area contributed by atoms with Crippen LogP contribution >= 0.6 is 0 Å².